The molecule has 0 fully saturated rings. The standard InChI is InChI=1S/C4H10N2O4S/c1-4(7)6-5-2-3-10-11(8)9/h5H,2-3H2,1H3,(H,6,7)(H,8,9)/p-1. The molecule has 66 valence electrons. The first-order chi connectivity index (χ1) is 5.13. The zero-order chi connectivity index (χ0) is 8.69. The predicted molar refractivity (Wildman–Crippen MR) is 36.7 cm³/mol. The lowest BCUT2D eigenvalue weighted by Crippen LogP contribution is -2.37. The normalized spacial score (nSPS) is 12.5. The molecule has 0 aliphatic carbocycles. The maximum absolute atomic E-state index is 10.2. The summed E-state index contributed by atoms with van der Waals surface area (Å²) >= 11 is -2.48. The highest BCUT2D eigenvalue weighted by Gasteiger charge is 1.88. The fourth-order valence-electron chi connectivity index (χ4n) is 0.348. The fraction of sp³-hybridized carbons (Fsp3) is 0.750. The van der Waals surface area contributed by atoms with Crippen LogP contribution in [0.2, 0.25) is 0 Å². The molecule has 6 nitrogen and oxygen atoms in total. The van der Waals surface area contributed by atoms with Crippen molar-refractivity contribution in [3.8, 4) is 0 Å². The highest BCUT2D eigenvalue weighted by Crippen LogP contribution is 1.74. The van der Waals surface area contributed by atoms with E-state index in [0.717, 1.165) is 0 Å². The summed E-state index contributed by atoms with van der Waals surface area (Å²) in [6.07, 6.45) is 0. The van der Waals surface area contributed by atoms with Gasteiger partial charge in [-0.2, -0.15) is 0 Å². The molecular weight excluding hydrogens is 172 g/mol. The zero-order valence-electron chi connectivity index (χ0n) is 5.96. The summed E-state index contributed by atoms with van der Waals surface area (Å²) in [7, 11) is 0. The Bertz CT molecular complexity index is 135. The van der Waals surface area contributed by atoms with Crippen molar-refractivity contribution in [2.45, 2.75) is 6.92 Å². The molecule has 0 saturated heterocycles. The average Bonchev–Trinajstić information content (AvgIpc) is 1.85. The molecule has 2 N–H and O–H groups in total. The summed E-state index contributed by atoms with van der Waals surface area (Å²) in [4.78, 5) is 10.2. The molecule has 0 aliphatic rings. The minimum absolute atomic E-state index is 0.00358. The van der Waals surface area contributed by atoms with Gasteiger partial charge in [0.15, 0.2) is 0 Å². The van der Waals surface area contributed by atoms with Crippen molar-refractivity contribution >= 4 is 17.3 Å². The van der Waals surface area contributed by atoms with E-state index in [-0.39, 0.29) is 19.1 Å². The molecule has 1 amide bonds. The molecule has 0 radical (unpaired) electrons. The highest BCUT2D eigenvalue weighted by atomic mass is 32.2. The SMILES string of the molecule is CC(=O)NNCCOS(=O)[O-]. The third-order valence-corrected chi connectivity index (χ3v) is 1.03. The van der Waals surface area contributed by atoms with Crippen LogP contribution < -0.4 is 10.9 Å². The third kappa shape index (κ3) is 9.50. The maximum atomic E-state index is 10.2. The Hall–Kier alpha value is -0.500. The van der Waals surface area contributed by atoms with Crippen molar-refractivity contribution in [3.63, 3.8) is 0 Å². The van der Waals surface area contributed by atoms with E-state index in [2.05, 4.69) is 15.0 Å². The molecule has 1 atom stereocenters. The van der Waals surface area contributed by atoms with Crippen LogP contribution in [0.15, 0.2) is 0 Å². The molecular formula is C4H9N2O4S-. The second-order valence-corrected chi connectivity index (χ2v) is 2.28. The summed E-state index contributed by atoms with van der Waals surface area (Å²) in [5.74, 6) is -0.242. The van der Waals surface area contributed by atoms with Gasteiger partial charge in [0.05, 0.1) is 18.0 Å². The van der Waals surface area contributed by atoms with Gasteiger partial charge in [-0.1, -0.05) is 0 Å². The smallest absolute Gasteiger partial charge is 0.230 e. The van der Waals surface area contributed by atoms with E-state index in [1.165, 1.54) is 6.92 Å². The minimum Gasteiger partial charge on any atom is -0.750 e. The lowest BCUT2D eigenvalue weighted by atomic mass is 10.7. The first-order valence-electron chi connectivity index (χ1n) is 2.85. The first kappa shape index (κ1) is 10.5. The number of rotatable bonds is 5. The Labute approximate surface area is 66.8 Å². The van der Waals surface area contributed by atoms with E-state index < -0.39 is 11.4 Å². The summed E-state index contributed by atoms with van der Waals surface area (Å²) in [5, 5.41) is 0. The van der Waals surface area contributed by atoms with Crippen LogP contribution >= 0.6 is 0 Å². The fourth-order valence-corrected chi connectivity index (χ4v) is 0.567. The number of amides is 1. The van der Waals surface area contributed by atoms with Crippen molar-refractivity contribution in [1.29, 1.82) is 0 Å². The number of carbonyl (C=O) groups is 1. The van der Waals surface area contributed by atoms with Crippen molar-refractivity contribution in [3.05, 3.63) is 0 Å². The summed E-state index contributed by atoms with van der Waals surface area (Å²) in [6.45, 7) is 1.57. The Morgan fingerprint density at radius 2 is 2.36 bits per heavy atom. The van der Waals surface area contributed by atoms with Gasteiger partial charge in [-0.15, -0.1) is 0 Å². The molecule has 0 bridgehead atoms. The van der Waals surface area contributed by atoms with E-state index in [4.69, 9.17) is 0 Å². The molecule has 0 saturated carbocycles. The number of hydrogen-bond donors (Lipinski definition) is 2. The van der Waals surface area contributed by atoms with Gasteiger partial charge in [0.25, 0.3) is 0 Å². The molecule has 0 aromatic carbocycles. The maximum Gasteiger partial charge on any atom is 0.230 e. The van der Waals surface area contributed by atoms with Crippen molar-refractivity contribution in [2.24, 2.45) is 0 Å². The van der Waals surface area contributed by atoms with Crippen LogP contribution in [0.1, 0.15) is 6.92 Å². The molecule has 0 aromatic rings. The quantitative estimate of drug-likeness (QED) is 0.304. The molecule has 0 heterocycles. The zero-order valence-corrected chi connectivity index (χ0v) is 6.77. The van der Waals surface area contributed by atoms with Crippen LogP contribution in [0.5, 0.6) is 0 Å². The van der Waals surface area contributed by atoms with Crippen LogP contribution in [0.3, 0.4) is 0 Å². The summed E-state index contributed by atoms with van der Waals surface area (Å²) in [6, 6.07) is 0. The number of carbonyl (C=O) groups excluding carboxylic acids is 1. The number of hydrogen-bond acceptors (Lipinski definition) is 5. The predicted octanol–water partition coefficient (Wildman–Crippen LogP) is -1.56. The van der Waals surface area contributed by atoms with Crippen LogP contribution in [-0.2, 0) is 20.3 Å². The average molecular weight is 181 g/mol. The van der Waals surface area contributed by atoms with Gasteiger partial charge >= 0.3 is 0 Å². The Kier molecular flexibility index (Phi) is 5.94. The van der Waals surface area contributed by atoms with E-state index in [1.54, 1.807) is 0 Å². The van der Waals surface area contributed by atoms with Crippen molar-refractivity contribution in [2.75, 3.05) is 13.2 Å². The van der Waals surface area contributed by atoms with Gasteiger partial charge < -0.3 is 4.55 Å². The van der Waals surface area contributed by atoms with E-state index in [1.807, 2.05) is 0 Å². The Morgan fingerprint density at radius 1 is 1.73 bits per heavy atom. The summed E-state index contributed by atoms with van der Waals surface area (Å²) < 4.78 is 23.6. The van der Waals surface area contributed by atoms with Gasteiger partial charge in [-0.25, -0.2) is 9.63 Å². The van der Waals surface area contributed by atoms with Gasteiger partial charge in [-0.05, 0) is 0 Å². The molecule has 11 heavy (non-hydrogen) atoms. The molecule has 0 aromatic heterocycles. The van der Waals surface area contributed by atoms with Gasteiger partial charge in [0.1, 0.15) is 0 Å². The molecule has 0 aliphatic heterocycles. The number of hydrazine groups is 1. The van der Waals surface area contributed by atoms with Crippen LogP contribution in [0.4, 0.5) is 0 Å². The minimum atomic E-state index is -2.48. The second kappa shape index (κ2) is 6.23. The lowest BCUT2D eigenvalue weighted by molar-refractivity contribution is -0.119. The monoisotopic (exact) mass is 181 g/mol. The van der Waals surface area contributed by atoms with Gasteiger partial charge in [0.2, 0.25) is 5.91 Å². The number of nitrogens with one attached hydrogen (secondary N) is 2. The second-order valence-electron chi connectivity index (χ2n) is 1.63. The third-order valence-electron chi connectivity index (χ3n) is 0.671. The van der Waals surface area contributed by atoms with Crippen LogP contribution in [-0.4, -0.2) is 27.8 Å². The van der Waals surface area contributed by atoms with E-state index >= 15 is 0 Å². The molecule has 7 heteroatoms. The van der Waals surface area contributed by atoms with Gasteiger partial charge in [-0.3, -0.25) is 14.4 Å². The van der Waals surface area contributed by atoms with Crippen molar-refractivity contribution < 1.29 is 17.7 Å². The van der Waals surface area contributed by atoms with E-state index in [0.29, 0.717) is 0 Å². The molecule has 0 spiro atoms. The summed E-state index contributed by atoms with van der Waals surface area (Å²) in [5.41, 5.74) is 4.69. The molecule has 1 unspecified atom stereocenters. The molecule has 0 rings (SSSR count). The lowest BCUT2D eigenvalue weighted by Gasteiger charge is -2.06. The largest absolute Gasteiger partial charge is 0.750 e. The Balaban J connectivity index is 3.03. The van der Waals surface area contributed by atoms with Crippen LogP contribution in [0, 0.1) is 0 Å². The van der Waals surface area contributed by atoms with Crippen LogP contribution in [0.25, 0.3) is 0 Å². The Morgan fingerprint density at radius 3 is 2.82 bits per heavy atom. The van der Waals surface area contributed by atoms with Crippen molar-refractivity contribution in [1.82, 2.24) is 10.9 Å². The topological polar surface area (TPSA) is 90.5 Å². The van der Waals surface area contributed by atoms with E-state index in [9.17, 15) is 13.6 Å². The first-order valence-corrected chi connectivity index (χ1v) is 3.85. The van der Waals surface area contributed by atoms with Gasteiger partial charge in [0, 0.05) is 13.5 Å². The highest BCUT2D eigenvalue weighted by molar-refractivity contribution is 7.74.